The molecule has 0 radical (unpaired) electrons. The smallest absolute Gasteiger partial charge is 0.0725 e. The number of hydrogen-bond donors (Lipinski definition) is 0. The van der Waals surface area contributed by atoms with Gasteiger partial charge in [-0.25, -0.2) is 0 Å². The minimum absolute atomic E-state index is 0. The fraction of sp³-hybridized carbons (Fsp3) is 0.211. The Morgan fingerprint density at radius 3 is 2.68 bits per heavy atom. The van der Waals surface area contributed by atoms with Gasteiger partial charge in [-0.2, -0.15) is 0 Å². The van der Waals surface area contributed by atoms with Crippen LogP contribution in [-0.2, 0) is 13.0 Å². The summed E-state index contributed by atoms with van der Waals surface area (Å²) < 4.78 is 0. The lowest BCUT2D eigenvalue weighted by atomic mass is 9.99. The quantitative estimate of drug-likeness (QED) is 0.656. The molecule has 1 aliphatic rings. The summed E-state index contributed by atoms with van der Waals surface area (Å²) in [6.07, 6.45) is 3.05. The summed E-state index contributed by atoms with van der Waals surface area (Å²) in [5, 5.41) is 1.25. The Labute approximate surface area is 137 Å². The predicted octanol–water partition coefficient (Wildman–Crippen LogP) is 4.53. The first-order chi connectivity index (χ1) is 10.3. The Morgan fingerprint density at radius 1 is 1.00 bits per heavy atom. The van der Waals surface area contributed by atoms with Crippen LogP contribution in [0.4, 0.5) is 5.69 Å². The van der Waals surface area contributed by atoms with Gasteiger partial charge in [0, 0.05) is 30.4 Å². The number of nitrogens with zero attached hydrogens (tertiary/aromatic N) is 2. The van der Waals surface area contributed by atoms with E-state index in [0.717, 1.165) is 25.0 Å². The maximum atomic E-state index is 4.52. The second kappa shape index (κ2) is 5.98. The van der Waals surface area contributed by atoms with E-state index in [1.54, 1.807) is 0 Å². The molecule has 0 amide bonds. The first-order valence-corrected chi connectivity index (χ1v) is 7.48. The van der Waals surface area contributed by atoms with Crippen molar-refractivity contribution in [1.82, 2.24) is 4.98 Å². The summed E-state index contributed by atoms with van der Waals surface area (Å²) in [5.74, 6) is 0. The van der Waals surface area contributed by atoms with Crippen molar-refractivity contribution in [2.24, 2.45) is 0 Å². The van der Waals surface area contributed by atoms with Crippen molar-refractivity contribution < 1.29 is 0 Å². The van der Waals surface area contributed by atoms with Crippen LogP contribution in [0.5, 0.6) is 0 Å². The Hall–Kier alpha value is -2.06. The van der Waals surface area contributed by atoms with E-state index in [9.17, 15) is 0 Å². The first kappa shape index (κ1) is 14.9. The number of benzene rings is 2. The minimum Gasteiger partial charge on any atom is -0.366 e. The third-order valence-electron chi connectivity index (χ3n) is 4.35. The molecule has 22 heavy (non-hydrogen) atoms. The SMILES string of the molecule is Cc1ccc2c(N3CCc4ccccc4C3)ccnc2c1.Cl. The predicted molar refractivity (Wildman–Crippen MR) is 94.9 cm³/mol. The van der Waals surface area contributed by atoms with Crippen LogP contribution in [0.25, 0.3) is 10.9 Å². The number of aromatic nitrogens is 1. The molecule has 0 aliphatic carbocycles. The van der Waals surface area contributed by atoms with E-state index < -0.39 is 0 Å². The highest BCUT2D eigenvalue weighted by Crippen LogP contribution is 2.30. The lowest BCUT2D eigenvalue weighted by Crippen LogP contribution is -2.30. The third-order valence-corrected chi connectivity index (χ3v) is 4.35. The van der Waals surface area contributed by atoms with Gasteiger partial charge in [0.2, 0.25) is 0 Å². The van der Waals surface area contributed by atoms with Crippen molar-refractivity contribution in [2.75, 3.05) is 11.4 Å². The zero-order valence-electron chi connectivity index (χ0n) is 12.6. The molecule has 1 aliphatic heterocycles. The molecular formula is C19H19ClN2. The number of fused-ring (bicyclic) bond motifs is 2. The summed E-state index contributed by atoms with van der Waals surface area (Å²) in [5.41, 5.74) is 6.58. The van der Waals surface area contributed by atoms with Crippen LogP contribution >= 0.6 is 12.4 Å². The average Bonchev–Trinajstić information content (AvgIpc) is 2.53. The van der Waals surface area contributed by atoms with E-state index in [1.165, 1.54) is 27.8 Å². The molecule has 3 aromatic rings. The number of pyridine rings is 1. The fourth-order valence-corrected chi connectivity index (χ4v) is 3.22. The molecule has 0 bridgehead atoms. The largest absolute Gasteiger partial charge is 0.366 e. The van der Waals surface area contributed by atoms with Gasteiger partial charge in [-0.15, -0.1) is 12.4 Å². The molecular weight excluding hydrogens is 292 g/mol. The van der Waals surface area contributed by atoms with Crippen LogP contribution in [0, 0.1) is 6.92 Å². The summed E-state index contributed by atoms with van der Waals surface area (Å²) in [4.78, 5) is 6.99. The van der Waals surface area contributed by atoms with E-state index in [2.05, 4.69) is 65.3 Å². The van der Waals surface area contributed by atoms with E-state index >= 15 is 0 Å². The van der Waals surface area contributed by atoms with E-state index in [0.29, 0.717) is 0 Å². The second-order valence-corrected chi connectivity index (χ2v) is 5.79. The van der Waals surface area contributed by atoms with Gasteiger partial charge < -0.3 is 4.90 Å². The normalized spacial score (nSPS) is 13.6. The van der Waals surface area contributed by atoms with Crippen LogP contribution in [0.1, 0.15) is 16.7 Å². The molecule has 112 valence electrons. The number of anilines is 1. The lowest BCUT2D eigenvalue weighted by molar-refractivity contribution is 0.734. The van der Waals surface area contributed by atoms with Crippen LogP contribution in [0.15, 0.2) is 54.7 Å². The molecule has 0 saturated heterocycles. The highest BCUT2D eigenvalue weighted by Gasteiger charge is 2.17. The van der Waals surface area contributed by atoms with E-state index in [4.69, 9.17) is 0 Å². The summed E-state index contributed by atoms with van der Waals surface area (Å²) in [6.45, 7) is 4.18. The molecule has 2 aromatic carbocycles. The lowest BCUT2D eigenvalue weighted by Gasteiger charge is -2.31. The third kappa shape index (κ3) is 2.55. The van der Waals surface area contributed by atoms with Crippen molar-refractivity contribution in [3.63, 3.8) is 0 Å². The number of rotatable bonds is 1. The number of aryl methyl sites for hydroxylation is 1. The van der Waals surface area contributed by atoms with Gasteiger partial charge in [0.05, 0.1) is 5.52 Å². The molecule has 0 atom stereocenters. The topological polar surface area (TPSA) is 16.1 Å². The highest BCUT2D eigenvalue weighted by molar-refractivity contribution is 5.92. The molecule has 4 rings (SSSR count). The monoisotopic (exact) mass is 310 g/mol. The second-order valence-electron chi connectivity index (χ2n) is 5.79. The van der Waals surface area contributed by atoms with Gasteiger partial charge in [-0.05, 0) is 42.2 Å². The maximum Gasteiger partial charge on any atom is 0.0725 e. The zero-order chi connectivity index (χ0) is 14.2. The Morgan fingerprint density at radius 2 is 1.82 bits per heavy atom. The standard InChI is InChI=1S/C19H18N2.ClH/c1-14-6-7-17-18(12-14)20-10-8-19(17)21-11-9-15-4-2-3-5-16(15)13-21;/h2-8,10,12H,9,11,13H2,1H3;1H. The van der Waals surface area contributed by atoms with Crippen molar-refractivity contribution in [3.05, 3.63) is 71.4 Å². The van der Waals surface area contributed by atoms with Crippen LogP contribution in [0.2, 0.25) is 0 Å². The molecule has 0 N–H and O–H groups in total. The molecule has 0 spiro atoms. The molecule has 1 aromatic heterocycles. The molecule has 0 fully saturated rings. The van der Waals surface area contributed by atoms with Gasteiger partial charge in [-0.1, -0.05) is 36.4 Å². The molecule has 0 unspecified atom stereocenters. The highest BCUT2D eigenvalue weighted by atomic mass is 35.5. The Balaban J connectivity index is 0.00000144. The van der Waals surface area contributed by atoms with Crippen molar-refractivity contribution in [2.45, 2.75) is 19.9 Å². The molecule has 0 saturated carbocycles. The van der Waals surface area contributed by atoms with Crippen LogP contribution in [-0.4, -0.2) is 11.5 Å². The van der Waals surface area contributed by atoms with E-state index in [1.807, 2.05) is 6.20 Å². The summed E-state index contributed by atoms with van der Waals surface area (Å²) in [6, 6.07) is 17.5. The minimum atomic E-state index is 0. The van der Waals surface area contributed by atoms with Crippen molar-refractivity contribution in [1.29, 1.82) is 0 Å². The van der Waals surface area contributed by atoms with Crippen LogP contribution < -0.4 is 4.90 Å². The van der Waals surface area contributed by atoms with Crippen molar-refractivity contribution in [3.8, 4) is 0 Å². The summed E-state index contributed by atoms with van der Waals surface area (Å²) in [7, 11) is 0. The first-order valence-electron chi connectivity index (χ1n) is 7.48. The van der Waals surface area contributed by atoms with Gasteiger partial charge >= 0.3 is 0 Å². The fourth-order valence-electron chi connectivity index (χ4n) is 3.22. The Bertz CT molecular complexity index is 813. The number of halogens is 1. The van der Waals surface area contributed by atoms with Gasteiger partial charge in [-0.3, -0.25) is 4.98 Å². The molecule has 2 heterocycles. The Kier molecular flexibility index (Phi) is 4.04. The van der Waals surface area contributed by atoms with Crippen molar-refractivity contribution >= 4 is 29.0 Å². The molecule has 3 heteroatoms. The molecule has 2 nitrogen and oxygen atoms in total. The average molecular weight is 311 g/mol. The summed E-state index contributed by atoms with van der Waals surface area (Å²) >= 11 is 0. The van der Waals surface area contributed by atoms with Gasteiger partial charge in [0.1, 0.15) is 0 Å². The zero-order valence-corrected chi connectivity index (χ0v) is 13.4. The number of hydrogen-bond acceptors (Lipinski definition) is 2. The maximum absolute atomic E-state index is 4.52. The van der Waals surface area contributed by atoms with Gasteiger partial charge in [0.25, 0.3) is 0 Å². The van der Waals surface area contributed by atoms with E-state index in [-0.39, 0.29) is 12.4 Å². The van der Waals surface area contributed by atoms with Gasteiger partial charge in [0.15, 0.2) is 0 Å². The van der Waals surface area contributed by atoms with Crippen LogP contribution in [0.3, 0.4) is 0 Å².